The molecule has 3 rings (SSSR count). The van der Waals surface area contributed by atoms with Gasteiger partial charge in [0, 0.05) is 38.3 Å². The van der Waals surface area contributed by atoms with Crippen LogP contribution in [0.2, 0.25) is 5.15 Å². The SMILES string of the molecule is Cc1nc(Cl)cc(OCC2CCC(N3CCN(C(=O)O)CC3)CC2)n1. The van der Waals surface area contributed by atoms with Gasteiger partial charge in [0.1, 0.15) is 11.0 Å². The third kappa shape index (κ3) is 4.95. The van der Waals surface area contributed by atoms with E-state index in [-0.39, 0.29) is 0 Å². The van der Waals surface area contributed by atoms with E-state index in [1.165, 1.54) is 4.90 Å². The Labute approximate surface area is 152 Å². The van der Waals surface area contributed by atoms with Crippen molar-refractivity contribution in [2.75, 3.05) is 32.8 Å². The molecule has 2 aliphatic rings. The van der Waals surface area contributed by atoms with Gasteiger partial charge in [-0.15, -0.1) is 0 Å². The first-order chi connectivity index (χ1) is 12.0. The van der Waals surface area contributed by atoms with Gasteiger partial charge in [-0.3, -0.25) is 4.90 Å². The maximum atomic E-state index is 11.0. The van der Waals surface area contributed by atoms with Crippen LogP contribution in [0.15, 0.2) is 6.07 Å². The summed E-state index contributed by atoms with van der Waals surface area (Å²) in [5.41, 5.74) is 0. The summed E-state index contributed by atoms with van der Waals surface area (Å²) < 4.78 is 5.81. The number of ether oxygens (including phenoxy) is 1. The molecule has 25 heavy (non-hydrogen) atoms. The maximum Gasteiger partial charge on any atom is 0.407 e. The van der Waals surface area contributed by atoms with E-state index in [1.807, 2.05) is 0 Å². The quantitative estimate of drug-likeness (QED) is 0.823. The Hall–Kier alpha value is -1.60. The van der Waals surface area contributed by atoms with Crippen LogP contribution in [-0.2, 0) is 0 Å². The van der Waals surface area contributed by atoms with Crippen molar-refractivity contribution in [3.8, 4) is 5.88 Å². The van der Waals surface area contributed by atoms with Gasteiger partial charge in [0.05, 0.1) is 6.61 Å². The minimum atomic E-state index is -0.805. The molecule has 1 aromatic rings. The first kappa shape index (κ1) is 18.2. The molecule has 0 spiro atoms. The van der Waals surface area contributed by atoms with Crippen molar-refractivity contribution in [1.29, 1.82) is 0 Å². The maximum absolute atomic E-state index is 11.0. The lowest BCUT2D eigenvalue weighted by molar-refractivity contribution is 0.0616. The molecule has 1 N–H and O–H groups in total. The Morgan fingerprint density at radius 3 is 2.52 bits per heavy atom. The van der Waals surface area contributed by atoms with Crippen LogP contribution < -0.4 is 4.74 Å². The molecule has 0 unspecified atom stereocenters. The van der Waals surface area contributed by atoms with E-state index >= 15 is 0 Å². The second-order valence-electron chi connectivity index (χ2n) is 6.87. The van der Waals surface area contributed by atoms with Crippen LogP contribution in [-0.4, -0.2) is 69.8 Å². The lowest BCUT2D eigenvalue weighted by atomic mass is 9.85. The van der Waals surface area contributed by atoms with Crippen molar-refractivity contribution in [1.82, 2.24) is 19.8 Å². The van der Waals surface area contributed by atoms with Crippen LogP contribution in [0.3, 0.4) is 0 Å². The average molecular weight is 369 g/mol. The number of hydrogen-bond donors (Lipinski definition) is 1. The summed E-state index contributed by atoms with van der Waals surface area (Å²) >= 11 is 5.93. The third-order valence-corrected chi connectivity index (χ3v) is 5.36. The van der Waals surface area contributed by atoms with Crippen LogP contribution in [0.4, 0.5) is 4.79 Å². The van der Waals surface area contributed by atoms with Crippen molar-refractivity contribution in [3.63, 3.8) is 0 Å². The Kier molecular flexibility index (Phi) is 5.96. The van der Waals surface area contributed by atoms with Crippen molar-refractivity contribution >= 4 is 17.7 Å². The number of amides is 1. The number of halogens is 1. The molecule has 1 saturated heterocycles. The number of aryl methyl sites for hydroxylation is 1. The van der Waals surface area contributed by atoms with Gasteiger partial charge >= 0.3 is 6.09 Å². The normalized spacial score (nSPS) is 25.0. The Balaban J connectivity index is 1.41. The number of nitrogens with zero attached hydrogens (tertiary/aromatic N) is 4. The summed E-state index contributed by atoms with van der Waals surface area (Å²) in [5.74, 6) is 1.70. The Morgan fingerprint density at radius 2 is 1.92 bits per heavy atom. The summed E-state index contributed by atoms with van der Waals surface area (Å²) in [5, 5.41) is 9.44. The van der Waals surface area contributed by atoms with Gasteiger partial charge in [0.25, 0.3) is 0 Å². The molecular weight excluding hydrogens is 344 g/mol. The number of aromatic nitrogens is 2. The van der Waals surface area contributed by atoms with Crippen LogP contribution in [0, 0.1) is 12.8 Å². The highest BCUT2D eigenvalue weighted by Crippen LogP contribution is 2.29. The number of rotatable bonds is 4. The zero-order chi connectivity index (χ0) is 17.8. The van der Waals surface area contributed by atoms with Crippen molar-refractivity contribution in [2.45, 2.75) is 38.6 Å². The molecule has 1 saturated carbocycles. The number of carbonyl (C=O) groups is 1. The van der Waals surface area contributed by atoms with E-state index in [0.717, 1.165) is 38.8 Å². The van der Waals surface area contributed by atoms with Gasteiger partial charge in [0.15, 0.2) is 0 Å². The van der Waals surface area contributed by atoms with Crippen LogP contribution in [0.1, 0.15) is 31.5 Å². The van der Waals surface area contributed by atoms with E-state index in [0.29, 0.717) is 48.5 Å². The molecule has 2 fully saturated rings. The van der Waals surface area contributed by atoms with Crippen LogP contribution in [0.5, 0.6) is 5.88 Å². The zero-order valence-electron chi connectivity index (χ0n) is 14.5. The molecule has 0 aromatic carbocycles. The highest BCUT2D eigenvalue weighted by Gasteiger charge is 2.29. The molecule has 2 heterocycles. The van der Waals surface area contributed by atoms with E-state index in [1.54, 1.807) is 13.0 Å². The molecule has 0 radical (unpaired) electrons. The molecule has 7 nitrogen and oxygen atoms in total. The monoisotopic (exact) mass is 368 g/mol. The molecule has 1 aromatic heterocycles. The lowest BCUT2D eigenvalue weighted by Gasteiger charge is -2.41. The average Bonchev–Trinajstić information content (AvgIpc) is 2.60. The van der Waals surface area contributed by atoms with Gasteiger partial charge in [0.2, 0.25) is 5.88 Å². The molecule has 1 aliphatic heterocycles. The number of hydrogen-bond acceptors (Lipinski definition) is 5. The number of carboxylic acid groups (broad SMARTS) is 1. The summed E-state index contributed by atoms with van der Waals surface area (Å²) in [6.45, 7) is 5.38. The molecule has 0 bridgehead atoms. The third-order valence-electron chi connectivity index (χ3n) is 5.17. The van der Waals surface area contributed by atoms with Gasteiger partial charge in [-0.2, -0.15) is 4.98 Å². The molecule has 1 aliphatic carbocycles. The Bertz CT molecular complexity index is 579. The van der Waals surface area contributed by atoms with Crippen molar-refractivity contribution in [2.24, 2.45) is 5.92 Å². The fourth-order valence-corrected chi connectivity index (χ4v) is 3.95. The molecule has 138 valence electrons. The smallest absolute Gasteiger partial charge is 0.407 e. The van der Waals surface area contributed by atoms with Gasteiger partial charge in [-0.05, 0) is 38.5 Å². The topological polar surface area (TPSA) is 78.8 Å². The highest BCUT2D eigenvalue weighted by atomic mass is 35.5. The second kappa shape index (κ2) is 8.19. The molecule has 0 atom stereocenters. The zero-order valence-corrected chi connectivity index (χ0v) is 15.3. The van der Waals surface area contributed by atoms with Crippen LogP contribution in [0.25, 0.3) is 0 Å². The largest absolute Gasteiger partial charge is 0.477 e. The first-order valence-electron chi connectivity index (χ1n) is 8.87. The van der Waals surface area contributed by atoms with E-state index in [4.69, 9.17) is 21.4 Å². The number of piperazine rings is 1. The van der Waals surface area contributed by atoms with Gasteiger partial charge in [-0.25, -0.2) is 9.78 Å². The minimum Gasteiger partial charge on any atom is -0.477 e. The highest BCUT2D eigenvalue weighted by molar-refractivity contribution is 6.29. The standard InChI is InChI=1S/C17H25ClN4O3/c1-12-19-15(18)10-16(20-12)25-11-13-2-4-14(5-3-13)21-6-8-22(9-7-21)17(23)24/h10,13-14H,2-9,11H2,1H3,(H,23,24). The van der Waals surface area contributed by atoms with E-state index < -0.39 is 6.09 Å². The lowest BCUT2D eigenvalue weighted by Crippen LogP contribution is -2.52. The minimum absolute atomic E-state index is 0.409. The van der Waals surface area contributed by atoms with Crippen molar-refractivity contribution in [3.05, 3.63) is 17.0 Å². The summed E-state index contributed by atoms with van der Waals surface area (Å²) in [6, 6.07) is 2.23. The molecule has 8 heteroatoms. The fourth-order valence-electron chi connectivity index (χ4n) is 3.74. The molecular formula is C17H25ClN4O3. The van der Waals surface area contributed by atoms with Gasteiger partial charge < -0.3 is 14.7 Å². The predicted molar refractivity (Wildman–Crippen MR) is 94.2 cm³/mol. The van der Waals surface area contributed by atoms with Crippen LogP contribution >= 0.6 is 11.6 Å². The van der Waals surface area contributed by atoms with E-state index in [9.17, 15) is 4.79 Å². The fraction of sp³-hybridized carbons (Fsp3) is 0.706. The summed E-state index contributed by atoms with van der Waals surface area (Å²) in [6.07, 6.45) is 3.74. The van der Waals surface area contributed by atoms with Gasteiger partial charge in [-0.1, -0.05) is 11.6 Å². The second-order valence-corrected chi connectivity index (χ2v) is 7.25. The molecule has 1 amide bonds. The predicted octanol–water partition coefficient (Wildman–Crippen LogP) is 2.67. The summed E-state index contributed by atoms with van der Waals surface area (Å²) in [7, 11) is 0. The van der Waals surface area contributed by atoms with E-state index in [2.05, 4.69) is 14.9 Å². The Morgan fingerprint density at radius 1 is 1.24 bits per heavy atom. The van der Waals surface area contributed by atoms with Crippen molar-refractivity contribution < 1.29 is 14.6 Å². The summed E-state index contributed by atoms with van der Waals surface area (Å²) in [4.78, 5) is 23.2. The first-order valence-corrected chi connectivity index (χ1v) is 9.25.